The van der Waals surface area contributed by atoms with Crippen LogP contribution in [-0.2, 0) is 4.79 Å². The molecule has 0 bridgehead atoms. The van der Waals surface area contributed by atoms with Gasteiger partial charge in [0.2, 0.25) is 0 Å². The summed E-state index contributed by atoms with van der Waals surface area (Å²) < 4.78 is 17.6. The Morgan fingerprint density at radius 2 is 2.24 bits per heavy atom. The molecule has 0 spiro atoms. The number of halogens is 1. The third-order valence-electron chi connectivity index (χ3n) is 2.52. The highest BCUT2D eigenvalue weighted by Gasteiger charge is 2.26. The van der Waals surface area contributed by atoms with Gasteiger partial charge in [0.25, 0.3) is 0 Å². The second kappa shape index (κ2) is 5.49. The molecular formula is C11H14FNO4. The van der Waals surface area contributed by atoms with Gasteiger partial charge < -0.3 is 20.7 Å². The van der Waals surface area contributed by atoms with Gasteiger partial charge in [-0.2, -0.15) is 0 Å². The molecule has 0 saturated carbocycles. The van der Waals surface area contributed by atoms with E-state index in [2.05, 4.69) is 0 Å². The van der Waals surface area contributed by atoms with Crippen molar-refractivity contribution in [1.82, 2.24) is 0 Å². The lowest BCUT2D eigenvalue weighted by molar-refractivity contribution is -0.139. The topological polar surface area (TPSA) is 92.8 Å². The Kier molecular flexibility index (Phi) is 4.28. The molecule has 1 aromatic carbocycles. The monoisotopic (exact) mass is 243 g/mol. The zero-order chi connectivity index (χ0) is 13.0. The molecule has 0 aliphatic heterocycles. The van der Waals surface area contributed by atoms with Gasteiger partial charge >= 0.3 is 5.97 Å². The van der Waals surface area contributed by atoms with E-state index in [0.717, 1.165) is 0 Å². The van der Waals surface area contributed by atoms with Crippen LogP contribution in [0.4, 0.5) is 4.39 Å². The lowest BCUT2D eigenvalue weighted by atomic mass is 9.93. The Balaban J connectivity index is 3.04. The molecular weight excluding hydrogens is 229 g/mol. The van der Waals surface area contributed by atoms with Gasteiger partial charge in [0.15, 0.2) is 11.5 Å². The van der Waals surface area contributed by atoms with Gasteiger partial charge in [-0.1, -0.05) is 6.07 Å². The maximum absolute atomic E-state index is 12.8. The average molecular weight is 243 g/mol. The summed E-state index contributed by atoms with van der Waals surface area (Å²) in [6, 6.07) is 2.81. The average Bonchev–Trinajstić information content (AvgIpc) is 2.30. The van der Waals surface area contributed by atoms with Crippen molar-refractivity contribution in [2.24, 2.45) is 5.73 Å². The Bertz CT molecular complexity index is 410. The van der Waals surface area contributed by atoms with Crippen molar-refractivity contribution in [2.75, 3.05) is 13.8 Å². The molecule has 0 fully saturated rings. The van der Waals surface area contributed by atoms with Crippen LogP contribution in [0.5, 0.6) is 11.5 Å². The predicted octanol–water partition coefficient (Wildman–Crippen LogP) is 0.866. The fourth-order valence-corrected chi connectivity index (χ4v) is 1.50. The number of carboxylic acids is 1. The van der Waals surface area contributed by atoms with Crippen LogP contribution in [0.3, 0.4) is 0 Å². The lowest BCUT2D eigenvalue weighted by Gasteiger charge is -2.18. The molecule has 1 aromatic rings. The summed E-state index contributed by atoms with van der Waals surface area (Å²) in [6.07, 6.45) is 0. The van der Waals surface area contributed by atoms with E-state index in [1.807, 2.05) is 0 Å². The van der Waals surface area contributed by atoms with E-state index < -0.39 is 24.6 Å². The van der Waals surface area contributed by atoms with Crippen molar-refractivity contribution < 1.29 is 24.1 Å². The maximum Gasteiger partial charge on any atom is 0.321 e. The number of phenols is 1. The SMILES string of the molecule is COc1ccc(C(CF)C(N)C(=O)O)cc1O. The van der Waals surface area contributed by atoms with E-state index in [-0.39, 0.29) is 11.5 Å². The summed E-state index contributed by atoms with van der Waals surface area (Å²) in [5.74, 6) is -2.23. The van der Waals surface area contributed by atoms with Crippen LogP contribution in [0.2, 0.25) is 0 Å². The van der Waals surface area contributed by atoms with Crippen LogP contribution >= 0.6 is 0 Å². The summed E-state index contributed by atoms with van der Waals surface area (Å²) in [4.78, 5) is 10.7. The first kappa shape index (κ1) is 13.2. The number of hydrogen-bond acceptors (Lipinski definition) is 4. The van der Waals surface area contributed by atoms with Crippen molar-refractivity contribution in [3.8, 4) is 11.5 Å². The number of aliphatic carboxylic acids is 1. The van der Waals surface area contributed by atoms with Gasteiger partial charge in [0, 0.05) is 5.92 Å². The molecule has 1 rings (SSSR count). The molecule has 0 aromatic heterocycles. The second-order valence-electron chi connectivity index (χ2n) is 3.56. The summed E-state index contributed by atoms with van der Waals surface area (Å²) >= 11 is 0. The Hall–Kier alpha value is -1.82. The zero-order valence-electron chi connectivity index (χ0n) is 9.26. The first-order valence-electron chi connectivity index (χ1n) is 4.92. The third kappa shape index (κ3) is 2.85. The number of hydrogen-bond donors (Lipinski definition) is 3. The van der Waals surface area contributed by atoms with E-state index in [1.165, 1.54) is 25.3 Å². The number of aromatic hydroxyl groups is 1. The number of benzene rings is 1. The fraction of sp³-hybridized carbons (Fsp3) is 0.364. The minimum absolute atomic E-state index is 0.180. The molecule has 0 aliphatic rings. The number of ether oxygens (including phenoxy) is 1. The molecule has 6 heteroatoms. The van der Waals surface area contributed by atoms with Gasteiger partial charge in [0.05, 0.1) is 13.8 Å². The van der Waals surface area contributed by atoms with Gasteiger partial charge in [-0.15, -0.1) is 0 Å². The molecule has 0 aliphatic carbocycles. The summed E-state index contributed by atoms with van der Waals surface area (Å²) in [6.45, 7) is -0.917. The first-order chi connectivity index (χ1) is 8.01. The molecule has 2 unspecified atom stereocenters. The number of rotatable bonds is 5. The Morgan fingerprint density at radius 1 is 1.59 bits per heavy atom. The van der Waals surface area contributed by atoms with E-state index in [1.54, 1.807) is 0 Å². The molecule has 0 saturated heterocycles. The summed E-state index contributed by atoms with van der Waals surface area (Å²) in [7, 11) is 1.38. The minimum Gasteiger partial charge on any atom is -0.504 e. The highest BCUT2D eigenvalue weighted by molar-refractivity contribution is 5.74. The molecule has 17 heavy (non-hydrogen) atoms. The van der Waals surface area contributed by atoms with Crippen molar-refractivity contribution >= 4 is 5.97 Å². The van der Waals surface area contributed by atoms with Gasteiger partial charge in [0.1, 0.15) is 6.04 Å². The number of carbonyl (C=O) groups is 1. The quantitative estimate of drug-likeness (QED) is 0.713. The zero-order valence-corrected chi connectivity index (χ0v) is 9.26. The van der Waals surface area contributed by atoms with Crippen molar-refractivity contribution in [1.29, 1.82) is 0 Å². The Morgan fingerprint density at radius 3 is 2.65 bits per heavy atom. The van der Waals surface area contributed by atoms with Crippen LogP contribution < -0.4 is 10.5 Å². The number of alkyl halides is 1. The smallest absolute Gasteiger partial charge is 0.321 e. The standard InChI is InChI=1S/C11H14FNO4/c1-17-9-3-2-6(4-8(9)14)7(5-12)10(13)11(15)16/h2-4,7,10,14H,5,13H2,1H3,(H,15,16). The largest absolute Gasteiger partial charge is 0.504 e. The molecule has 0 radical (unpaired) electrons. The fourth-order valence-electron chi connectivity index (χ4n) is 1.50. The normalized spacial score (nSPS) is 14.1. The van der Waals surface area contributed by atoms with E-state index in [0.29, 0.717) is 5.56 Å². The van der Waals surface area contributed by atoms with Gasteiger partial charge in [-0.25, -0.2) is 0 Å². The van der Waals surface area contributed by atoms with Crippen LogP contribution in [0.15, 0.2) is 18.2 Å². The lowest BCUT2D eigenvalue weighted by Crippen LogP contribution is -2.37. The highest BCUT2D eigenvalue weighted by Crippen LogP contribution is 2.30. The molecule has 2 atom stereocenters. The molecule has 5 nitrogen and oxygen atoms in total. The summed E-state index contributed by atoms with van der Waals surface area (Å²) in [5.41, 5.74) is 5.69. The van der Waals surface area contributed by atoms with Crippen LogP contribution in [0, 0.1) is 0 Å². The van der Waals surface area contributed by atoms with E-state index >= 15 is 0 Å². The van der Waals surface area contributed by atoms with Gasteiger partial charge in [-0.05, 0) is 17.7 Å². The number of methoxy groups -OCH3 is 1. The van der Waals surface area contributed by atoms with Crippen LogP contribution in [0.25, 0.3) is 0 Å². The minimum atomic E-state index is -1.35. The molecule has 0 amide bonds. The van der Waals surface area contributed by atoms with Crippen molar-refractivity contribution in [2.45, 2.75) is 12.0 Å². The third-order valence-corrected chi connectivity index (χ3v) is 2.52. The van der Waals surface area contributed by atoms with Crippen LogP contribution in [0.1, 0.15) is 11.5 Å². The predicted molar refractivity (Wildman–Crippen MR) is 59.0 cm³/mol. The highest BCUT2D eigenvalue weighted by atomic mass is 19.1. The van der Waals surface area contributed by atoms with Crippen molar-refractivity contribution in [3.05, 3.63) is 23.8 Å². The van der Waals surface area contributed by atoms with E-state index in [9.17, 15) is 14.3 Å². The van der Waals surface area contributed by atoms with Gasteiger partial charge in [-0.3, -0.25) is 9.18 Å². The van der Waals surface area contributed by atoms with Crippen LogP contribution in [-0.4, -0.2) is 36.0 Å². The second-order valence-corrected chi connectivity index (χ2v) is 3.56. The van der Waals surface area contributed by atoms with Crippen molar-refractivity contribution in [3.63, 3.8) is 0 Å². The summed E-state index contributed by atoms with van der Waals surface area (Å²) in [5, 5.41) is 18.3. The number of nitrogens with two attached hydrogens (primary N) is 1. The molecule has 0 heterocycles. The first-order valence-corrected chi connectivity index (χ1v) is 4.92. The molecule has 94 valence electrons. The Labute approximate surface area is 97.6 Å². The number of phenolic OH excluding ortho intramolecular Hbond substituents is 1. The molecule has 4 N–H and O–H groups in total. The maximum atomic E-state index is 12.8. The van der Waals surface area contributed by atoms with E-state index in [4.69, 9.17) is 15.6 Å². The number of carboxylic acid groups (broad SMARTS) is 1.